The third-order valence-corrected chi connectivity index (χ3v) is 7.28. The highest BCUT2D eigenvalue weighted by atomic mass is 14.2. The summed E-state index contributed by atoms with van der Waals surface area (Å²) in [4.78, 5) is 0. The molecule has 0 fully saturated rings. The summed E-state index contributed by atoms with van der Waals surface area (Å²) in [6.45, 7) is 0. The molecule has 7 aromatic rings. The van der Waals surface area contributed by atoms with Crippen LogP contribution in [-0.2, 0) is 0 Å². The van der Waals surface area contributed by atoms with Crippen molar-refractivity contribution in [1.29, 1.82) is 0 Å². The fourth-order valence-electron chi connectivity index (χ4n) is 5.70. The fraction of sp³-hybridized carbons (Fsp3) is 0. The first kappa shape index (κ1) is 20.7. The van der Waals surface area contributed by atoms with Crippen molar-refractivity contribution in [1.82, 2.24) is 0 Å². The Morgan fingerprint density at radius 3 is 1.28 bits per heavy atom. The zero-order chi connectivity index (χ0) is 23.9. The van der Waals surface area contributed by atoms with E-state index in [9.17, 15) is 0 Å². The van der Waals surface area contributed by atoms with Crippen molar-refractivity contribution in [2.45, 2.75) is 0 Å². The van der Waals surface area contributed by atoms with Gasteiger partial charge in [-0.05, 0) is 65.7 Å². The number of hydrogen-bond acceptors (Lipinski definition) is 0. The van der Waals surface area contributed by atoms with Crippen LogP contribution < -0.4 is 0 Å². The molecule has 36 heavy (non-hydrogen) atoms. The predicted octanol–water partition coefficient (Wildman–Crippen LogP) is 10.1. The van der Waals surface area contributed by atoms with E-state index in [2.05, 4.69) is 146 Å². The molecule has 0 aliphatic heterocycles. The smallest absolute Gasteiger partial charge is 0.00139 e. The molecular formula is C36H24. The topological polar surface area (TPSA) is 0 Å². The summed E-state index contributed by atoms with van der Waals surface area (Å²) >= 11 is 0. The summed E-state index contributed by atoms with van der Waals surface area (Å²) in [5.74, 6) is 0. The second kappa shape index (κ2) is 8.52. The largest absolute Gasteiger partial charge is 0.0622 e. The minimum Gasteiger partial charge on any atom is -0.0622 e. The van der Waals surface area contributed by atoms with Gasteiger partial charge in [0.1, 0.15) is 0 Å². The van der Waals surface area contributed by atoms with Gasteiger partial charge in [-0.2, -0.15) is 0 Å². The summed E-state index contributed by atoms with van der Waals surface area (Å²) in [7, 11) is 0. The van der Waals surface area contributed by atoms with Gasteiger partial charge in [0.15, 0.2) is 0 Å². The third-order valence-electron chi connectivity index (χ3n) is 7.28. The SMILES string of the molecule is c1ccc(-c2ccccc2-c2c(-c3ccccc3)ccc3c4ccccc4c4ccccc4c23)cc1. The van der Waals surface area contributed by atoms with E-state index in [0.717, 1.165) is 0 Å². The molecular weight excluding hydrogens is 432 g/mol. The van der Waals surface area contributed by atoms with Gasteiger partial charge in [-0.25, -0.2) is 0 Å². The maximum Gasteiger partial charge on any atom is -0.00139 e. The molecule has 0 amide bonds. The van der Waals surface area contributed by atoms with Gasteiger partial charge in [-0.15, -0.1) is 0 Å². The van der Waals surface area contributed by atoms with Crippen molar-refractivity contribution in [3.05, 3.63) is 146 Å². The van der Waals surface area contributed by atoms with Crippen LogP contribution in [0, 0.1) is 0 Å². The minimum atomic E-state index is 1.23. The average Bonchev–Trinajstić information content (AvgIpc) is 2.97. The van der Waals surface area contributed by atoms with Crippen LogP contribution in [-0.4, -0.2) is 0 Å². The lowest BCUT2D eigenvalue weighted by Gasteiger charge is -2.20. The van der Waals surface area contributed by atoms with Crippen LogP contribution in [0.4, 0.5) is 0 Å². The second-order valence-electron chi connectivity index (χ2n) is 9.28. The molecule has 0 radical (unpaired) electrons. The van der Waals surface area contributed by atoms with E-state index in [-0.39, 0.29) is 0 Å². The van der Waals surface area contributed by atoms with E-state index >= 15 is 0 Å². The molecule has 0 saturated heterocycles. The quantitative estimate of drug-likeness (QED) is 0.232. The van der Waals surface area contributed by atoms with Gasteiger partial charge in [0, 0.05) is 0 Å². The molecule has 0 saturated carbocycles. The van der Waals surface area contributed by atoms with Crippen molar-refractivity contribution < 1.29 is 0 Å². The van der Waals surface area contributed by atoms with Crippen LogP contribution in [0.1, 0.15) is 0 Å². The normalized spacial score (nSPS) is 11.3. The van der Waals surface area contributed by atoms with E-state index in [1.54, 1.807) is 0 Å². The molecule has 0 aliphatic carbocycles. The van der Waals surface area contributed by atoms with E-state index in [1.807, 2.05) is 0 Å². The molecule has 0 N–H and O–H groups in total. The lowest BCUT2D eigenvalue weighted by Crippen LogP contribution is -1.93. The number of fused-ring (bicyclic) bond motifs is 6. The summed E-state index contributed by atoms with van der Waals surface area (Å²) in [5, 5.41) is 7.79. The maximum atomic E-state index is 2.32. The zero-order valence-electron chi connectivity index (χ0n) is 19.9. The average molecular weight is 457 g/mol. The van der Waals surface area contributed by atoms with Gasteiger partial charge in [0.05, 0.1) is 0 Å². The van der Waals surface area contributed by atoms with Crippen molar-refractivity contribution in [3.63, 3.8) is 0 Å². The molecule has 0 bridgehead atoms. The van der Waals surface area contributed by atoms with Crippen LogP contribution in [0.3, 0.4) is 0 Å². The molecule has 0 spiro atoms. The van der Waals surface area contributed by atoms with Gasteiger partial charge < -0.3 is 0 Å². The Morgan fingerprint density at radius 1 is 0.250 bits per heavy atom. The Balaban J connectivity index is 1.73. The Labute approximate surface area is 211 Å². The van der Waals surface area contributed by atoms with Crippen LogP contribution in [0.2, 0.25) is 0 Å². The van der Waals surface area contributed by atoms with Crippen molar-refractivity contribution in [3.8, 4) is 33.4 Å². The van der Waals surface area contributed by atoms with Crippen LogP contribution in [0.25, 0.3) is 65.7 Å². The Bertz CT molecular complexity index is 1830. The highest BCUT2D eigenvalue weighted by Gasteiger charge is 2.19. The van der Waals surface area contributed by atoms with Crippen molar-refractivity contribution in [2.75, 3.05) is 0 Å². The molecule has 168 valence electrons. The predicted molar refractivity (Wildman–Crippen MR) is 155 cm³/mol. The van der Waals surface area contributed by atoms with Crippen LogP contribution in [0.15, 0.2) is 146 Å². The Morgan fingerprint density at radius 2 is 0.667 bits per heavy atom. The molecule has 7 aromatic carbocycles. The van der Waals surface area contributed by atoms with Crippen LogP contribution in [0.5, 0.6) is 0 Å². The summed E-state index contributed by atoms with van der Waals surface area (Å²) in [6, 6.07) is 52.7. The zero-order valence-corrected chi connectivity index (χ0v) is 19.9. The van der Waals surface area contributed by atoms with E-state index in [1.165, 1.54) is 65.7 Å². The lowest BCUT2D eigenvalue weighted by atomic mass is 9.83. The van der Waals surface area contributed by atoms with Crippen molar-refractivity contribution >= 4 is 32.3 Å². The van der Waals surface area contributed by atoms with Gasteiger partial charge >= 0.3 is 0 Å². The highest BCUT2D eigenvalue weighted by Crippen LogP contribution is 2.46. The first-order valence-electron chi connectivity index (χ1n) is 12.5. The Kier molecular flexibility index (Phi) is 4.89. The number of hydrogen-bond donors (Lipinski definition) is 0. The molecule has 0 aromatic heterocycles. The molecule has 0 atom stereocenters. The van der Waals surface area contributed by atoms with E-state index in [0.29, 0.717) is 0 Å². The summed E-state index contributed by atoms with van der Waals surface area (Å²) in [6.07, 6.45) is 0. The summed E-state index contributed by atoms with van der Waals surface area (Å²) < 4.78 is 0. The van der Waals surface area contributed by atoms with Gasteiger partial charge in [0.25, 0.3) is 0 Å². The van der Waals surface area contributed by atoms with Gasteiger partial charge in [-0.3, -0.25) is 0 Å². The molecule has 0 heteroatoms. The van der Waals surface area contributed by atoms with Crippen molar-refractivity contribution in [2.24, 2.45) is 0 Å². The standard InChI is InChI=1S/C36H24/c1-3-13-25(14-4-1)27-17-7-11-21-32(27)35-28(26-15-5-2-6-16-26)23-24-34-31-20-9-8-18-29(31)30-19-10-12-22-33(30)36(34)35/h1-24H. The van der Waals surface area contributed by atoms with Crippen LogP contribution >= 0.6 is 0 Å². The van der Waals surface area contributed by atoms with E-state index in [4.69, 9.17) is 0 Å². The highest BCUT2D eigenvalue weighted by molar-refractivity contribution is 6.30. The first-order valence-corrected chi connectivity index (χ1v) is 12.5. The summed E-state index contributed by atoms with van der Waals surface area (Å²) in [5.41, 5.74) is 7.52. The second-order valence-corrected chi connectivity index (χ2v) is 9.28. The molecule has 7 rings (SSSR count). The molecule has 0 unspecified atom stereocenters. The fourth-order valence-corrected chi connectivity index (χ4v) is 5.70. The Hall–Kier alpha value is -4.68. The van der Waals surface area contributed by atoms with E-state index < -0.39 is 0 Å². The minimum absolute atomic E-state index is 1.23. The molecule has 0 nitrogen and oxygen atoms in total. The first-order chi connectivity index (χ1) is 17.9. The molecule has 0 heterocycles. The maximum absolute atomic E-state index is 2.32. The monoisotopic (exact) mass is 456 g/mol. The van der Waals surface area contributed by atoms with Gasteiger partial charge in [-0.1, -0.05) is 146 Å². The number of benzene rings is 7. The molecule has 0 aliphatic rings. The lowest BCUT2D eigenvalue weighted by molar-refractivity contribution is 1.59. The van der Waals surface area contributed by atoms with Gasteiger partial charge in [0.2, 0.25) is 0 Å². The number of rotatable bonds is 3. The third kappa shape index (κ3) is 3.23.